The lowest BCUT2D eigenvalue weighted by atomic mass is 9.85. The van der Waals surface area contributed by atoms with Gasteiger partial charge in [-0.3, -0.25) is 9.59 Å². The van der Waals surface area contributed by atoms with E-state index in [1.807, 2.05) is 25.1 Å². The van der Waals surface area contributed by atoms with Gasteiger partial charge in [0.05, 0.1) is 6.42 Å². The lowest BCUT2D eigenvalue weighted by Gasteiger charge is -2.21. The molecule has 0 bridgehead atoms. The van der Waals surface area contributed by atoms with Crippen LogP contribution in [0.2, 0.25) is 0 Å². The molecule has 0 aliphatic heterocycles. The van der Waals surface area contributed by atoms with E-state index in [0.717, 1.165) is 6.42 Å². The molecule has 0 radical (unpaired) electrons. The average Bonchev–Trinajstić information content (AvgIpc) is 2.26. The molecule has 0 aliphatic rings. The molecule has 0 aromatic heterocycles. The largest absolute Gasteiger partial charge is 0.481 e. The number of carboxylic acid groups (broad SMARTS) is 1. The Morgan fingerprint density at radius 3 is 2.55 bits per heavy atom. The SMILES string of the molecule is Cc1cccc(CCNC(=O)CC(C)(C)CC(=O)O)c1. The molecule has 1 aromatic rings. The number of aryl methyl sites for hydroxylation is 1. The third-order valence-electron chi connectivity index (χ3n) is 3.09. The van der Waals surface area contributed by atoms with Crippen LogP contribution in [0.25, 0.3) is 0 Å². The second kappa shape index (κ2) is 7.08. The van der Waals surface area contributed by atoms with E-state index in [9.17, 15) is 9.59 Å². The summed E-state index contributed by atoms with van der Waals surface area (Å²) in [7, 11) is 0. The van der Waals surface area contributed by atoms with Crippen molar-refractivity contribution in [2.24, 2.45) is 5.41 Å². The summed E-state index contributed by atoms with van der Waals surface area (Å²) in [5.41, 5.74) is 1.88. The van der Waals surface area contributed by atoms with Gasteiger partial charge in [-0.2, -0.15) is 0 Å². The molecule has 0 atom stereocenters. The van der Waals surface area contributed by atoms with Gasteiger partial charge in [-0.15, -0.1) is 0 Å². The van der Waals surface area contributed by atoms with Gasteiger partial charge in [-0.25, -0.2) is 0 Å². The van der Waals surface area contributed by atoms with Crippen molar-refractivity contribution in [3.63, 3.8) is 0 Å². The molecule has 4 nitrogen and oxygen atoms in total. The van der Waals surface area contributed by atoms with Crippen molar-refractivity contribution in [3.05, 3.63) is 35.4 Å². The van der Waals surface area contributed by atoms with Crippen LogP contribution in [-0.4, -0.2) is 23.5 Å². The van der Waals surface area contributed by atoms with Crippen LogP contribution in [0.1, 0.15) is 37.8 Å². The Labute approximate surface area is 120 Å². The lowest BCUT2D eigenvalue weighted by molar-refractivity contribution is -0.139. The highest BCUT2D eigenvalue weighted by Gasteiger charge is 2.24. The minimum absolute atomic E-state index is 0.00169. The highest BCUT2D eigenvalue weighted by molar-refractivity contribution is 5.77. The van der Waals surface area contributed by atoms with Gasteiger partial charge in [0.2, 0.25) is 5.91 Å². The molecule has 1 amide bonds. The fourth-order valence-corrected chi connectivity index (χ4v) is 2.18. The van der Waals surface area contributed by atoms with Gasteiger partial charge < -0.3 is 10.4 Å². The van der Waals surface area contributed by atoms with Gasteiger partial charge in [-0.05, 0) is 24.3 Å². The van der Waals surface area contributed by atoms with Gasteiger partial charge in [0.1, 0.15) is 0 Å². The molecule has 0 aliphatic carbocycles. The Morgan fingerprint density at radius 1 is 1.25 bits per heavy atom. The summed E-state index contributed by atoms with van der Waals surface area (Å²) >= 11 is 0. The summed E-state index contributed by atoms with van der Waals surface area (Å²) in [5, 5.41) is 11.6. The molecule has 0 fully saturated rings. The maximum Gasteiger partial charge on any atom is 0.303 e. The van der Waals surface area contributed by atoms with E-state index in [2.05, 4.69) is 11.4 Å². The first-order valence-corrected chi connectivity index (χ1v) is 6.82. The lowest BCUT2D eigenvalue weighted by Crippen LogP contribution is -2.31. The van der Waals surface area contributed by atoms with Gasteiger partial charge >= 0.3 is 5.97 Å². The zero-order valence-corrected chi connectivity index (χ0v) is 12.4. The summed E-state index contributed by atoms with van der Waals surface area (Å²) in [4.78, 5) is 22.5. The molecular weight excluding hydrogens is 254 g/mol. The smallest absolute Gasteiger partial charge is 0.303 e. The van der Waals surface area contributed by atoms with Crippen molar-refractivity contribution in [2.45, 2.75) is 40.0 Å². The summed E-state index contributed by atoms with van der Waals surface area (Å²) < 4.78 is 0. The van der Waals surface area contributed by atoms with Crippen molar-refractivity contribution < 1.29 is 14.7 Å². The van der Waals surface area contributed by atoms with Crippen molar-refractivity contribution >= 4 is 11.9 Å². The number of carbonyl (C=O) groups excluding carboxylic acids is 1. The van der Waals surface area contributed by atoms with E-state index in [4.69, 9.17) is 5.11 Å². The summed E-state index contributed by atoms with van der Waals surface area (Å²) in [5.74, 6) is -0.966. The molecule has 1 rings (SSSR count). The second-order valence-corrected chi connectivity index (χ2v) is 6.00. The number of carboxylic acids is 1. The van der Waals surface area contributed by atoms with Crippen LogP contribution in [0.15, 0.2) is 24.3 Å². The third-order valence-corrected chi connectivity index (χ3v) is 3.09. The Kier molecular flexibility index (Phi) is 5.74. The molecule has 0 spiro atoms. The van der Waals surface area contributed by atoms with E-state index < -0.39 is 11.4 Å². The predicted octanol–water partition coefficient (Wildman–Crippen LogP) is 2.54. The van der Waals surface area contributed by atoms with Crippen LogP contribution in [0, 0.1) is 12.3 Å². The molecule has 1 aromatic carbocycles. The number of nitrogens with one attached hydrogen (secondary N) is 1. The Bertz CT molecular complexity index is 480. The zero-order valence-electron chi connectivity index (χ0n) is 12.4. The van der Waals surface area contributed by atoms with E-state index >= 15 is 0 Å². The van der Waals surface area contributed by atoms with Crippen LogP contribution in [0.5, 0.6) is 0 Å². The number of rotatable bonds is 7. The van der Waals surface area contributed by atoms with E-state index in [1.54, 1.807) is 13.8 Å². The third kappa shape index (κ3) is 6.36. The van der Waals surface area contributed by atoms with Crippen LogP contribution >= 0.6 is 0 Å². The molecular formula is C16H23NO3. The number of benzene rings is 1. The van der Waals surface area contributed by atoms with E-state index in [-0.39, 0.29) is 18.7 Å². The van der Waals surface area contributed by atoms with E-state index in [0.29, 0.717) is 6.54 Å². The quantitative estimate of drug-likeness (QED) is 0.805. The molecule has 0 heterocycles. The first-order chi connectivity index (χ1) is 9.28. The topological polar surface area (TPSA) is 66.4 Å². The highest BCUT2D eigenvalue weighted by atomic mass is 16.4. The van der Waals surface area contributed by atoms with Gasteiger partial charge in [-0.1, -0.05) is 43.7 Å². The van der Waals surface area contributed by atoms with Gasteiger partial charge in [0.25, 0.3) is 0 Å². The predicted molar refractivity (Wildman–Crippen MR) is 78.5 cm³/mol. The molecule has 0 saturated heterocycles. The van der Waals surface area contributed by atoms with Crippen LogP contribution in [0.3, 0.4) is 0 Å². The van der Waals surface area contributed by atoms with Gasteiger partial charge in [0.15, 0.2) is 0 Å². The molecule has 0 unspecified atom stereocenters. The van der Waals surface area contributed by atoms with Crippen molar-refractivity contribution in [1.82, 2.24) is 5.32 Å². The first kappa shape index (κ1) is 16.2. The monoisotopic (exact) mass is 277 g/mol. The average molecular weight is 277 g/mol. The standard InChI is InChI=1S/C16H23NO3/c1-12-5-4-6-13(9-12)7-8-17-14(18)10-16(2,3)11-15(19)20/h4-6,9H,7-8,10-11H2,1-3H3,(H,17,18)(H,19,20). The number of carbonyl (C=O) groups is 2. The summed E-state index contributed by atoms with van der Waals surface area (Å²) in [6.07, 6.45) is 1.01. The Hall–Kier alpha value is -1.84. The molecule has 2 N–H and O–H groups in total. The zero-order chi connectivity index (χ0) is 15.2. The van der Waals surface area contributed by atoms with Crippen molar-refractivity contribution in [3.8, 4) is 0 Å². The minimum atomic E-state index is -0.873. The fourth-order valence-electron chi connectivity index (χ4n) is 2.18. The minimum Gasteiger partial charge on any atom is -0.481 e. The number of aliphatic carboxylic acids is 1. The molecule has 20 heavy (non-hydrogen) atoms. The number of hydrogen-bond acceptors (Lipinski definition) is 2. The Balaban J connectivity index is 2.35. The van der Waals surface area contributed by atoms with Crippen molar-refractivity contribution in [1.29, 1.82) is 0 Å². The van der Waals surface area contributed by atoms with Gasteiger partial charge in [0, 0.05) is 13.0 Å². The normalized spacial score (nSPS) is 11.2. The van der Waals surface area contributed by atoms with E-state index in [1.165, 1.54) is 11.1 Å². The maximum atomic E-state index is 11.8. The first-order valence-electron chi connectivity index (χ1n) is 6.82. The maximum absolute atomic E-state index is 11.8. The summed E-state index contributed by atoms with van der Waals surface area (Å²) in [6.45, 7) is 6.20. The molecule has 4 heteroatoms. The summed E-state index contributed by atoms with van der Waals surface area (Å²) in [6, 6.07) is 8.17. The highest BCUT2D eigenvalue weighted by Crippen LogP contribution is 2.24. The number of hydrogen-bond donors (Lipinski definition) is 2. The van der Waals surface area contributed by atoms with Crippen LogP contribution in [-0.2, 0) is 16.0 Å². The molecule has 0 saturated carbocycles. The van der Waals surface area contributed by atoms with Crippen molar-refractivity contribution in [2.75, 3.05) is 6.54 Å². The van der Waals surface area contributed by atoms with Crippen LogP contribution < -0.4 is 5.32 Å². The molecule has 110 valence electrons. The number of amides is 1. The fraction of sp³-hybridized carbons (Fsp3) is 0.500. The van der Waals surface area contributed by atoms with Crippen LogP contribution in [0.4, 0.5) is 0 Å². The Morgan fingerprint density at radius 2 is 1.95 bits per heavy atom. The second-order valence-electron chi connectivity index (χ2n) is 6.00.